The zero-order valence-corrected chi connectivity index (χ0v) is 13.4. The normalized spacial score (nSPS) is 17.2. The van der Waals surface area contributed by atoms with Gasteiger partial charge in [0.15, 0.2) is 6.10 Å². The lowest BCUT2D eigenvalue weighted by Gasteiger charge is -2.20. The lowest BCUT2D eigenvalue weighted by molar-refractivity contribution is -0.148. The van der Waals surface area contributed by atoms with Crippen molar-refractivity contribution in [2.24, 2.45) is 0 Å². The zero-order chi connectivity index (χ0) is 18.1. The Morgan fingerprint density at radius 2 is 2.04 bits per heavy atom. The summed E-state index contributed by atoms with van der Waals surface area (Å²) in [5.74, 6) is -1.81. The molecule has 2 rings (SSSR count). The highest BCUT2D eigenvalue weighted by molar-refractivity contribution is 6.32. The van der Waals surface area contributed by atoms with Gasteiger partial charge in [-0.1, -0.05) is 11.6 Å². The third-order valence-corrected chi connectivity index (χ3v) is 4.33. The van der Waals surface area contributed by atoms with Crippen molar-refractivity contribution in [1.82, 2.24) is 5.32 Å². The van der Waals surface area contributed by atoms with Crippen LogP contribution in [-0.4, -0.2) is 36.7 Å². The van der Waals surface area contributed by atoms with Crippen LogP contribution in [0.25, 0.3) is 0 Å². The van der Waals surface area contributed by atoms with Crippen LogP contribution in [-0.2, 0) is 25.9 Å². The Balaban J connectivity index is 2.22. The van der Waals surface area contributed by atoms with E-state index >= 15 is 0 Å². The van der Waals surface area contributed by atoms with Crippen LogP contribution in [0, 0.1) is 0 Å². The molecule has 1 aromatic carbocycles. The number of hydrogen-bond donors (Lipinski definition) is 2. The van der Waals surface area contributed by atoms with Crippen LogP contribution >= 0.6 is 11.6 Å². The number of carbonyl (C=O) groups is 2. The molecule has 0 saturated heterocycles. The van der Waals surface area contributed by atoms with Gasteiger partial charge in [0, 0.05) is 12.1 Å². The molecule has 1 aromatic rings. The minimum atomic E-state index is -4.55. The van der Waals surface area contributed by atoms with Gasteiger partial charge in [0.1, 0.15) is 0 Å². The smallest absolute Gasteiger partial charge is 0.416 e. The van der Waals surface area contributed by atoms with E-state index in [4.69, 9.17) is 21.4 Å². The Hall–Kier alpha value is -1.80. The molecule has 1 fully saturated rings. The highest BCUT2D eigenvalue weighted by atomic mass is 35.5. The number of carboxylic acid groups (broad SMARTS) is 1. The van der Waals surface area contributed by atoms with E-state index in [1.165, 1.54) is 7.11 Å². The summed E-state index contributed by atoms with van der Waals surface area (Å²) in [6, 6.07) is 2.84. The van der Waals surface area contributed by atoms with E-state index < -0.39 is 35.1 Å². The minimum absolute atomic E-state index is 0.0668. The van der Waals surface area contributed by atoms with Crippen molar-refractivity contribution in [3.05, 3.63) is 34.3 Å². The van der Waals surface area contributed by atoms with Crippen molar-refractivity contribution < 1.29 is 32.6 Å². The molecule has 1 aliphatic rings. The number of nitrogens with one attached hydrogen (secondary N) is 1. The van der Waals surface area contributed by atoms with Crippen LogP contribution in [0.5, 0.6) is 0 Å². The molecule has 5 nitrogen and oxygen atoms in total. The van der Waals surface area contributed by atoms with Gasteiger partial charge in [-0.2, -0.15) is 13.2 Å². The Labute approximate surface area is 140 Å². The first-order valence-electron chi connectivity index (χ1n) is 7.03. The molecule has 1 atom stereocenters. The molecule has 1 unspecified atom stereocenters. The summed E-state index contributed by atoms with van der Waals surface area (Å²) < 4.78 is 43.3. The van der Waals surface area contributed by atoms with E-state index in [2.05, 4.69) is 5.32 Å². The fraction of sp³-hybridized carbons (Fsp3) is 0.467. The molecule has 0 radical (unpaired) electrons. The molecular formula is C15H15ClF3NO4. The summed E-state index contributed by atoms with van der Waals surface area (Å²) in [6.45, 7) is -0.289. The molecule has 0 aliphatic heterocycles. The van der Waals surface area contributed by atoms with Crippen LogP contribution in [0.4, 0.5) is 13.2 Å². The maximum atomic E-state index is 12.9. The lowest BCUT2D eigenvalue weighted by atomic mass is 9.93. The van der Waals surface area contributed by atoms with E-state index in [1.54, 1.807) is 0 Å². The standard InChI is InChI=1S/C15H15ClF3NO4/c1-24-11(12(21)22)7-20-13(23)14(4-5-14)9-6-8(15(17,18)19)2-3-10(9)16/h2-3,6,11H,4-5,7H2,1H3,(H,20,23)(H,21,22). The number of rotatable bonds is 6. The molecule has 2 N–H and O–H groups in total. The highest BCUT2D eigenvalue weighted by Crippen LogP contribution is 2.51. The Morgan fingerprint density at radius 1 is 1.42 bits per heavy atom. The maximum Gasteiger partial charge on any atom is 0.416 e. The Kier molecular flexibility index (Phi) is 5.10. The minimum Gasteiger partial charge on any atom is -0.479 e. The molecule has 0 aromatic heterocycles. The van der Waals surface area contributed by atoms with Gasteiger partial charge in [-0.25, -0.2) is 4.79 Å². The third-order valence-electron chi connectivity index (χ3n) is 4.00. The molecule has 1 aliphatic carbocycles. The number of halogens is 4. The van der Waals surface area contributed by atoms with Gasteiger partial charge in [-0.3, -0.25) is 4.79 Å². The number of carboxylic acids is 1. The molecule has 1 saturated carbocycles. The first-order valence-corrected chi connectivity index (χ1v) is 7.41. The zero-order valence-electron chi connectivity index (χ0n) is 12.6. The molecule has 24 heavy (non-hydrogen) atoms. The van der Waals surface area contributed by atoms with Gasteiger partial charge in [0.05, 0.1) is 17.5 Å². The molecule has 0 spiro atoms. The summed E-state index contributed by atoms with van der Waals surface area (Å²) in [7, 11) is 1.18. The molecular weight excluding hydrogens is 351 g/mol. The second kappa shape index (κ2) is 6.60. The topological polar surface area (TPSA) is 75.6 Å². The van der Waals surface area contributed by atoms with Gasteiger partial charge in [0.25, 0.3) is 0 Å². The molecule has 0 heterocycles. The largest absolute Gasteiger partial charge is 0.479 e. The second-order valence-corrected chi connectivity index (χ2v) is 5.95. The maximum absolute atomic E-state index is 12.9. The number of benzene rings is 1. The Morgan fingerprint density at radius 3 is 2.50 bits per heavy atom. The van der Waals surface area contributed by atoms with Crippen molar-refractivity contribution in [3.63, 3.8) is 0 Å². The van der Waals surface area contributed by atoms with Crippen LogP contribution in [0.3, 0.4) is 0 Å². The van der Waals surface area contributed by atoms with Crippen molar-refractivity contribution in [1.29, 1.82) is 0 Å². The van der Waals surface area contributed by atoms with E-state index in [0.717, 1.165) is 18.2 Å². The summed E-state index contributed by atoms with van der Waals surface area (Å²) in [6.07, 6.45) is -5.10. The summed E-state index contributed by atoms with van der Waals surface area (Å²) in [5.41, 5.74) is -1.95. The SMILES string of the molecule is COC(CNC(=O)C1(c2cc(C(F)(F)F)ccc2Cl)CC1)C(=O)O. The third kappa shape index (κ3) is 3.64. The summed E-state index contributed by atoms with van der Waals surface area (Å²) in [4.78, 5) is 23.2. The predicted molar refractivity (Wildman–Crippen MR) is 78.8 cm³/mol. The van der Waals surface area contributed by atoms with Crippen LogP contribution in [0.15, 0.2) is 18.2 Å². The van der Waals surface area contributed by atoms with Gasteiger partial charge in [-0.05, 0) is 36.6 Å². The summed E-state index contributed by atoms with van der Waals surface area (Å²) >= 11 is 5.99. The average molecular weight is 366 g/mol. The number of ether oxygens (including phenoxy) is 1. The number of aliphatic carboxylic acids is 1. The number of amides is 1. The summed E-state index contributed by atoms with van der Waals surface area (Å²) in [5, 5.41) is 11.4. The van der Waals surface area contributed by atoms with E-state index in [9.17, 15) is 22.8 Å². The van der Waals surface area contributed by atoms with Crippen LogP contribution in [0.2, 0.25) is 5.02 Å². The van der Waals surface area contributed by atoms with Gasteiger partial charge in [0.2, 0.25) is 5.91 Å². The number of alkyl halides is 3. The quantitative estimate of drug-likeness (QED) is 0.812. The lowest BCUT2D eigenvalue weighted by Crippen LogP contribution is -2.42. The van der Waals surface area contributed by atoms with Gasteiger partial charge >= 0.3 is 12.1 Å². The first-order chi connectivity index (χ1) is 11.1. The monoisotopic (exact) mass is 365 g/mol. The van der Waals surface area contributed by atoms with Crippen LogP contribution in [0.1, 0.15) is 24.0 Å². The molecule has 9 heteroatoms. The van der Waals surface area contributed by atoms with Crippen molar-refractivity contribution in [2.75, 3.05) is 13.7 Å². The van der Waals surface area contributed by atoms with Crippen molar-refractivity contribution >= 4 is 23.5 Å². The average Bonchev–Trinajstić information content (AvgIpc) is 3.28. The van der Waals surface area contributed by atoms with E-state index in [0.29, 0.717) is 12.8 Å². The molecule has 1 amide bonds. The van der Waals surface area contributed by atoms with Crippen molar-refractivity contribution in [3.8, 4) is 0 Å². The molecule has 0 bridgehead atoms. The number of methoxy groups -OCH3 is 1. The highest BCUT2D eigenvalue weighted by Gasteiger charge is 2.53. The van der Waals surface area contributed by atoms with Crippen molar-refractivity contribution in [2.45, 2.75) is 30.5 Å². The van der Waals surface area contributed by atoms with Gasteiger partial charge < -0.3 is 15.2 Å². The predicted octanol–water partition coefficient (Wildman–Crippen LogP) is 2.61. The van der Waals surface area contributed by atoms with Gasteiger partial charge in [-0.15, -0.1) is 0 Å². The first kappa shape index (κ1) is 18.5. The number of hydrogen-bond acceptors (Lipinski definition) is 3. The fourth-order valence-corrected chi connectivity index (χ4v) is 2.74. The second-order valence-electron chi connectivity index (χ2n) is 5.55. The van der Waals surface area contributed by atoms with E-state index in [1.807, 2.05) is 0 Å². The molecule has 132 valence electrons. The Bertz CT molecular complexity index is 659. The van der Waals surface area contributed by atoms with Crippen LogP contribution < -0.4 is 5.32 Å². The fourth-order valence-electron chi connectivity index (χ4n) is 2.44. The number of carbonyl (C=O) groups excluding carboxylic acids is 1. The van der Waals surface area contributed by atoms with E-state index in [-0.39, 0.29) is 17.1 Å².